The molecule has 1 rings (SSSR count). The Morgan fingerprint density at radius 3 is 2.17 bits per heavy atom. The predicted molar refractivity (Wildman–Crippen MR) is 111 cm³/mol. The fourth-order valence-electron chi connectivity index (χ4n) is 3.18. The summed E-state index contributed by atoms with van der Waals surface area (Å²) in [5, 5.41) is 0. The van der Waals surface area contributed by atoms with E-state index in [1.807, 2.05) is 0 Å². The zero-order valence-electron chi connectivity index (χ0n) is 16.0. The second kappa shape index (κ2) is 17.9. The minimum atomic E-state index is 0.844. The Balaban J connectivity index is 0.00000254. The Morgan fingerprint density at radius 1 is 0.833 bits per heavy atom. The van der Waals surface area contributed by atoms with Crippen molar-refractivity contribution in [2.45, 2.75) is 78.1 Å². The molecule has 0 aromatic carbocycles. The Kier molecular flexibility index (Phi) is 16.8. The van der Waals surface area contributed by atoms with Gasteiger partial charge in [0.2, 0.25) is 0 Å². The summed E-state index contributed by atoms with van der Waals surface area (Å²) in [6.07, 6.45) is 39.5. The third-order valence-electron chi connectivity index (χ3n) is 4.54. The molecule has 1 saturated carbocycles. The fraction of sp³-hybridized carbons (Fsp3) is 0.583. The maximum atomic E-state index is 4.00. The second-order valence-electron chi connectivity index (χ2n) is 6.45. The minimum absolute atomic E-state index is 0.844. The third-order valence-corrected chi connectivity index (χ3v) is 4.54. The van der Waals surface area contributed by atoms with Crippen LogP contribution >= 0.6 is 0 Å². The maximum Gasteiger partial charge on any atom is -0.0169 e. The number of hydrogen-bond donors (Lipinski definition) is 0. The molecule has 0 aromatic rings. The van der Waals surface area contributed by atoms with Crippen molar-refractivity contribution < 1.29 is 0 Å². The monoisotopic (exact) mass is 326 g/mol. The largest absolute Gasteiger partial charge is 0.124 e. The first kappa shape index (κ1) is 22.5. The average molecular weight is 327 g/mol. The van der Waals surface area contributed by atoms with Gasteiger partial charge in [0, 0.05) is 0 Å². The van der Waals surface area contributed by atoms with Gasteiger partial charge in [-0.2, -0.15) is 0 Å². The lowest BCUT2D eigenvalue weighted by Gasteiger charge is -2.13. The van der Waals surface area contributed by atoms with E-state index in [9.17, 15) is 0 Å². The van der Waals surface area contributed by atoms with E-state index < -0.39 is 0 Å². The standard InChI is InChI=1S/C22H36.C2H2/c1-3-5-7-9-10-11-12-13-15-18-22-20-16-19-21(22)17-14-8-6-4-2;1-2/h5,7,10-11,13-15,17,21-22H,3-4,6,8-9,12,16,18-20H2,1-2H3;1-2H/b7-5-,11-10-,15-13-,17-14+;/t21-,22+;/m1./s1. The van der Waals surface area contributed by atoms with Crippen molar-refractivity contribution >= 4 is 0 Å². The molecule has 24 heavy (non-hydrogen) atoms. The summed E-state index contributed by atoms with van der Waals surface area (Å²) in [6.45, 7) is 4.45. The van der Waals surface area contributed by atoms with Crippen LogP contribution in [0.15, 0.2) is 48.6 Å². The van der Waals surface area contributed by atoms with E-state index in [4.69, 9.17) is 0 Å². The van der Waals surface area contributed by atoms with Crippen LogP contribution in [0, 0.1) is 24.7 Å². The molecule has 0 saturated heterocycles. The molecular weight excluding hydrogens is 288 g/mol. The molecule has 0 bridgehead atoms. The lowest BCUT2D eigenvalue weighted by Crippen LogP contribution is -2.03. The predicted octanol–water partition coefficient (Wildman–Crippen LogP) is 7.65. The van der Waals surface area contributed by atoms with Crippen LogP contribution < -0.4 is 0 Å². The van der Waals surface area contributed by atoms with Gasteiger partial charge in [-0.15, -0.1) is 12.8 Å². The minimum Gasteiger partial charge on any atom is -0.124 e. The van der Waals surface area contributed by atoms with Crippen molar-refractivity contribution in [3.05, 3.63) is 48.6 Å². The summed E-state index contributed by atoms with van der Waals surface area (Å²) < 4.78 is 0. The zero-order valence-corrected chi connectivity index (χ0v) is 16.0. The molecule has 134 valence electrons. The molecule has 0 unspecified atom stereocenters. The van der Waals surface area contributed by atoms with Gasteiger partial charge >= 0.3 is 0 Å². The highest BCUT2D eigenvalue weighted by Gasteiger charge is 2.23. The topological polar surface area (TPSA) is 0 Å². The van der Waals surface area contributed by atoms with Crippen molar-refractivity contribution in [3.8, 4) is 12.8 Å². The van der Waals surface area contributed by atoms with Gasteiger partial charge in [0.15, 0.2) is 0 Å². The van der Waals surface area contributed by atoms with Gasteiger partial charge in [0.1, 0.15) is 0 Å². The lowest BCUT2D eigenvalue weighted by molar-refractivity contribution is 0.463. The molecule has 0 radical (unpaired) electrons. The maximum absolute atomic E-state index is 4.00. The first-order valence-electron chi connectivity index (χ1n) is 9.83. The van der Waals surface area contributed by atoms with Gasteiger partial charge in [-0.3, -0.25) is 0 Å². The summed E-state index contributed by atoms with van der Waals surface area (Å²) in [5.41, 5.74) is 0. The van der Waals surface area contributed by atoms with E-state index in [0.717, 1.165) is 31.1 Å². The van der Waals surface area contributed by atoms with Crippen molar-refractivity contribution in [1.29, 1.82) is 0 Å². The Morgan fingerprint density at radius 2 is 1.50 bits per heavy atom. The molecule has 0 spiro atoms. The number of terminal acetylenes is 1. The molecule has 1 aliphatic rings. The Bertz CT molecular complexity index is 392. The van der Waals surface area contributed by atoms with Crippen LogP contribution in [0.3, 0.4) is 0 Å². The molecule has 0 heterocycles. The second-order valence-corrected chi connectivity index (χ2v) is 6.45. The fourth-order valence-corrected chi connectivity index (χ4v) is 3.18. The number of rotatable bonds is 11. The lowest BCUT2D eigenvalue weighted by atomic mass is 9.92. The number of hydrogen-bond acceptors (Lipinski definition) is 0. The summed E-state index contributed by atoms with van der Waals surface area (Å²) in [6, 6.07) is 0. The van der Waals surface area contributed by atoms with Gasteiger partial charge in [0.05, 0.1) is 0 Å². The molecule has 1 aliphatic carbocycles. The van der Waals surface area contributed by atoms with Crippen LogP contribution in [-0.2, 0) is 0 Å². The van der Waals surface area contributed by atoms with Gasteiger partial charge in [-0.05, 0) is 56.8 Å². The molecule has 2 atom stereocenters. The van der Waals surface area contributed by atoms with E-state index in [2.05, 4.69) is 75.3 Å². The van der Waals surface area contributed by atoms with Crippen LogP contribution in [0.1, 0.15) is 78.1 Å². The van der Waals surface area contributed by atoms with E-state index in [-0.39, 0.29) is 0 Å². The van der Waals surface area contributed by atoms with E-state index >= 15 is 0 Å². The van der Waals surface area contributed by atoms with Crippen LogP contribution in [0.25, 0.3) is 0 Å². The molecule has 0 amide bonds. The zero-order chi connectivity index (χ0) is 17.9. The third kappa shape index (κ3) is 12.0. The average Bonchev–Trinajstić information content (AvgIpc) is 3.06. The van der Waals surface area contributed by atoms with Crippen LogP contribution in [0.2, 0.25) is 0 Å². The first-order valence-corrected chi connectivity index (χ1v) is 9.83. The van der Waals surface area contributed by atoms with Crippen LogP contribution in [0.5, 0.6) is 0 Å². The summed E-state index contributed by atoms with van der Waals surface area (Å²) in [5.74, 6) is 1.74. The molecule has 0 nitrogen and oxygen atoms in total. The smallest absolute Gasteiger partial charge is 0.0169 e. The molecule has 0 heteroatoms. The summed E-state index contributed by atoms with van der Waals surface area (Å²) in [4.78, 5) is 0. The van der Waals surface area contributed by atoms with Crippen molar-refractivity contribution in [3.63, 3.8) is 0 Å². The molecule has 0 aliphatic heterocycles. The Labute approximate surface area is 151 Å². The summed E-state index contributed by atoms with van der Waals surface area (Å²) in [7, 11) is 0. The summed E-state index contributed by atoms with van der Waals surface area (Å²) >= 11 is 0. The highest BCUT2D eigenvalue weighted by Crippen LogP contribution is 2.35. The van der Waals surface area contributed by atoms with Crippen molar-refractivity contribution in [2.24, 2.45) is 11.8 Å². The SMILES string of the molecule is C#C.CC/C=C\C/C=C\C/C=C\C[C@H]1CCC[C@H]1/C=C/CCCC. The quantitative estimate of drug-likeness (QED) is 0.208. The molecular formula is C24H38. The first-order chi connectivity index (χ1) is 11.9. The van der Waals surface area contributed by atoms with Gasteiger partial charge in [0.25, 0.3) is 0 Å². The number of unbranched alkanes of at least 4 members (excludes halogenated alkanes) is 2. The number of allylic oxidation sites excluding steroid dienone is 8. The van der Waals surface area contributed by atoms with E-state index in [1.54, 1.807) is 0 Å². The van der Waals surface area contributed by atoms with E-state index in [1.165, 1.54) is 44.9 Å². The molecule has 1 fully saturated rings. The highest BCUT2D eigenvalue weighted by atomic mass is 14.3. The molecule has 0 N–H and O–H groups in total. The van der Waals surface area contributed by atoms with Gasteiger partial charge in [-0.25, -0.2) is 0 Å². The van der Waals surface area contributed by atoms with Crippen molar-refractivity contribution in [2.75, 3.05) is 0 Å². The van der Waals surface area contributed by atoms with Crippen LogP contribution in [-0.4, -0.2) is 0 Å². The Hall–Kier alpha value is -1.48. The van der Waals surface area contributed by atoms with E-state index in [0.29, 0.717) is 0 Å². The normalized spacial score (nSPS) is 21.2. The van der Waals surface area contributed by atoms with Crippen LogP contribution in [0.4, 0.5) is 0 Å². The van der Waals surface area contributed by atoms with Gasteiger partial charge < -0.3 is 0 Å². The molecule has 0 aromatic heterocycles. The highest BCUT2D eigenvalue weighted by molar-refractivity contribution is 5.00. The van der Waals surface area contributed by atoms with Crippen molar-refractivity contribution in [1.82, 2.24) is 0 Å². The van der Waals surface area contributed by atoms with Gasteiger partial charge in [-0.1, -0.05) is 81.7 Å².